The van der Waals surface area contributed by atoms with Crippen LogP contribution in [0.4, 0.5) is 0 Å². The van der Waals surface area contributed by atoms with Gasteiger partial charge in [0.05, 0.1) is 0 Å². The molecule has 2 N–H and O–H groups in total. The third-order valence-electron chi connectivity index (χ3n) is 2.72. The number of benzene rings is 1. The van der Waals surface area contributed by atoms with Gasteiger partial charge < -0.3 is 10.0 Å². The maximum Gasteiger partial charge on any atom is 0.488 e. The normalized spacial score (nSPS) is 11.7. The fourth-order valence-electron chi connectivity index (χ4n) is 1.81. The highest BCUT2D eigenvalue weighted by Crippen LogP contribution is 2.23. The molecule has 0 aliphatic rings. The van der Waals surface area contributed by atoms with E-state index >= 15 is 0 Å². The van der Waals surface area contributed by atoms with E-state index in [-0.39, 0.29) is 5.41 Å². The first-order valence-corrected chi connectivity index (χ1v) is 5.21. The van der Waals surface area contributed by atoms with Gasteiger partial charge in [-0.3, -0.25) is 0 Å². The lowest BCUT2D eigenvalue weighted by Gasteiger charge is -2.22. The van der Waals surface area contributed by atoms with Gasteiger partial charge in [0.25, 0.3) is 0 Å². The summed E-state index contributed by atoms with van der Waals surface area (Å²) in [5.74, 6) is 0. The Hall–Kier alpha value is -0.795. The first-order valence-electron chi connectivity index (χ1n) is 5.21. The van der Waals surface area contributed by atoms with Crippen molar-refractivity contribution in [3.8, 4) is 0 Å². The summed E-state index contributed by atoms with van der Waals surface area (Å²) in [5, 5.41) is 18.5. The summed E-state index contributed by atoms with van der Waals surface area (Å²) >= 11 is 0. The molecule has 0 aliphatic heterocycles. The lowest BCUT2D eigenvalue weighted by Crippen LogP contribution is -2.35. The molecular formula is C12H19BO2. The van der Waals surface area contributed by atoms with E-state index in [1.165, 1.54) is 5.56 Å². The minimum atomic E-state index is -1.38. The Morgan fingerprint density at radius 3 is 1.67 bits per heavy atom. The molecule has 0 spiro atoms. The van der Waals surface area contributed by atoms with Crippen LogP contribution in [0, 0.1) is 13.8 Å². The second-order valence-corrected chi connectivity index (χ2v) is 5.15. The monoisotopic (exact) mass is 206 g/mol. The van der Waals surface area contributed by atoms with E-state index in [2.05, 4.69) is 20.8 Å². The van der Waals surface area contributed by atoms with Gasteiger partial charge in [-0.2, -0.15) is 0 Å². The molecular weight excluding hydrogens is 187 g/mol. The summed E-state index contributed by atoms with van der Waals surface area (Å²) in [6.45, 7) is 10.3. The average Bonchev–Trinajstić information content (AvgIpc) is 1.99. The smallest absolute Gasteiger partial charge is 0.423 e. The minimum Gasteiger partial charge on any atom is -0.423 e. The quantitative estimate of drug-likeness (QED) is 0.679. The second kappa shape index (κ2) is 3.99. The van der Waals surface area contributed by atoms with Crippen LogP contribution in [0.3, 0.4) is 0 Å². The zero-order chi connectivity index (χ0) is 11.8. The van der Waals surface area contributed by atoms with Gasteiger partial charge in [0.15, 0.2) is 0 Å². The van der Waals surface area contributed by atoms with Crippen LogP contribution in [-0.4, -0.2) is 17.2 Å². The Balaban J connectivity index is 3.32. The first kappa shape index (κ1) is 12.3. The lowest BCUT2D eigenvalue weighted by molar-refractivity contribution is 0.425. The molecule has 0 heterocycles. The zero-order valence-electron chi connectivity index (χ0n) is 10.1. The Kier molecular flexibility index (Phi) is 3.26. The molecule has 3 heteroatoms. The molecule has 1 rings (SSSR count). The second-order valence-electron chi connectivity index (χ2n) is 5.15. The van der Waals surface area contributed by atoms with Crippen molar-refractivity contribution in [3.63, 3.8) is 0 Å². The minimum absolute atomic E-state index is 0.0917. The standard InChI is InChI=1S/C12H19BO2/c1-8-6-10(12(3,4)5)7-9(2)11(8)13(14)15/h6-7,14-15H,1-5H3. The van der Waals surface area contributed by atoms with Crippen LogP contribution in [-0.2, 0) is 5.41 Å². The van der Waals surface area contributed by atoms with Crippen molar-refractivity contribution in [2.45, 2.75) is 40.0 Å². The van der Waals surface area contributed by atoms with Gasteiger partial charge >= 0.3 is 7.12 Å². The van der Waals surface area contributed by atoms with Crippen molar-refractivity contribution in [2.24, 2.45) is 0 Å². The summed E-state index contributed by atoms with van der Waals surface area (Å²) in [4.78, 5) is 0. The molecule has 0 atom stereocenters. The number of rotatable bonds is 1. The maximum absolute atomic E-state index is 9.23. The van der Waals surface area contributed by atoms with Crippen LogP contribution in [0.15, 0.2) is 12.1 Å². The first-order chi connectivity index (χ1) is 6.73. The third kappa shape index (κ3) is 2.61. The fraction of sp³-hybridized carbons (Fsp3) is 0.500. The fourth-order valence-corrected chi connectivity index (χ4v) is 1.81. The average molecular weight is 206 g/mol. The molecule has 0 radical (unpaired) electrons. The van der Waals surface area contributed by atoms with Gasteiger partial charge in [-0.15, -0.1) is 0 Å². The zero-order valence-corrected chi connectivity index (χ0v) is 10.1. The van der Waals surface area contributed by atoms with Crippen LogP contribution in [0.25, 0.3) is 0 Å². The van der Waals surface area contributed by atoms with Crippen molar-refractivity contribution in [1.29, 1.82) is 0 Å². The van der Waals surface area contributed by atoms with Crippen molar-refractivity contribution in [1.82, 2.24) is 0 Å². The SMILES string of the molecule is Cc1cc(C(C)(C)C)cc(C)c1B(O)O. The molecule has 1 aromatic carbocycles. The molecule has 82 valence electrons. The van der Waals surface area contributed by atoms with E-state index in [0.29, 0.717) is 5.46 Å². The summed E-state index contributed by atoms with van der Waals surface area (Å²) in [7, 11) is -1.38. The van der Waals surface area contributed by atoms with E-state index in [4.69, 9.17) is 0 Å². The topological polar surface area (TPSA) is 40.5 Å². The molecule has 1 aromatic rings. The number of hydrogen-bond donors (Lipinski definition) is 2. The van der Waals surface area contributed by atoms with Gasteiger partial charge in [0, 0.05) is 0 Å². The molecule has 0 amide bonds. The Morgan fingerprint density at radius 2 is 1.40 bits per heavy atom. The van der Waals surface area contributed by atoms with E-state index in [1.54, 1.807) is 0 Å². The molecule has 0 unspecified atom stereocenters. The highest BCUT2D eigenvalue weighted by atomic mass is 16.4. The van der Waals surface area contributed by atoms with Crippen LogP contribution in [0.1, 0.15) is 37.5 Å². The maximum atomic E-state index is 9.23. The van der Waals surface area contributed by atoms with Crippen LogP contribution in [0.5, 0.6) is 0 Å². The highest BCUT2D eigenvalue weighted by Gasteiger charge is 2.21. The molecule has 0 saturated heterocycles. The van der Waals surface area contributed by atoms with E-state index in [9.17, 15) is 10.0 Å². The van der Waals surface area contributed by atoms with Gasteiger partial charge in [-0.25, -0.2) is 0 Å². The van der Waals surface area contributed by atoms with Crippen molar-refractivity contribution in [3.05, 3.63) is 28.8 Å². The van der Waals surface area contributed by atoms with Crippen LogP contribution < -0.4 is 5.46 Å². The molecule has 0 aliphatic carbocycles. The van der Waals surface area contributed by atoms with E-state index in [1.807, 2.05) is 26.0 Å². The number of hydrogen-bond acceptors (Lipinski definition) is 2. The molecule has 0 fully saturated rings. The Bertz CT molecular complexity index is 341. The van der Waals surface area contributed by atoms with Crippen LogP contribution in [0.2, 0.25) is 0 Å². The van der Waals surface area contributed by atoms with Gasteiger partial charge in [0.2, 0.25) is 0 Å². The largest absolute Gasteiger partial charge is 0.488 e. The lowest BCUT2D eigenvalue weighted by atomic mass is 9.72. The molecule has 0 bridgehead atoms. The van der Waals surface area contributed by atoms with Crippen molar-refractivity contribution in [2.75, 3.05) is 0 Å². The van der Waals surface area contributed by atoms with Gasteiger partial charge in [-0.05, 0) is 30.3 Å². The predicted molar refractivity (Wildman–Crippen MR) is 64.4 cm³/mol. The van der Waals surface area contributed by atoms with Crippen molar-refractivity contribution >= 4 is 12.6 Å². The highest BCUT2D eigenvalue weighted by molar-refractivity contribution is 6.59. The van der Waals surface area contributed by atoms with E-state index in [0.717, 1.165) is 11.1 Å². The van der Waals surface area contributed by atoms with Crippen LogP contribution >= 0.6 is 0 Å². The Morgan fingerprint density at radius 1 is 1.00 bits per heavy atom. The Labute approximate surface area is 92.1 Å². The summed E-state index contributed by atoms with van der Waals surface area (Å²) in [6, 6.07) is 4.06. The summed E-state index contributed by atoms with van der Waals surface area (Å²) in [6.07, 6.45) is 0. The number of aryl methyl sites for hydroxylation is 2. The molecule has 2 nitrogen and oxygen atoms in total. The molecule has 15 heavy (non-hydrogen) atoms. The third-order valence-corrected chi connectivity index (χ3v) is 2.72. The summed E-state index contributed by atoms with van der Waals surface area (Å²) in [5.41, 5.74) is 3.82. The summed E-state index contributed by atoms with van der Waals surface area (Å²) < 4.78 is 0. The van der Waals surface area contributed by atoms with E-state index < -0.39 is 7.12 Å². The predicted octanol–water partition coefficient (Wildman–Crippen LogP) is 1.28. The molecule has 0 aromatic heterocycles. The molecule has 0 saturated carbocycles. The van der Waals surface area contributed by atoms with Crippen molar-refractivity contribution < 1.29 is 10.0 Å². The van der Waals surface area contributed by atoms with Gasteiger partial charge in [-0.1, -0.05) is 44.0 Å². The van der Waals surface area contributed by atoms with Gasteiger partial charge in [0.1, 0.15) is 0 Å².